The first-order chi connectivity index (χ1) is 7.48. The lowest BCUT2D eigenvalue weighted by molar-refractivity contribution is -0.188. The summed E-state index contributed by atoms with van der Waals surface area (Å²) in [5.41, 5.74) is -1.30. The van der Waals surface area contributed by atoms with Crippen molar-refractivity contribution in [2.24, 2.45) is 5.41 Å². The van der Waals surface area contributed by atoms with Gasteiger partial charge in [-0.25, -0.2) is 0 Å². The second-order valence-electron chi connectivity index (χ2n) is 3.55. The van der Waals surface area contributed by atoms with Crippen LogP contribution in [0.25, 0.3) is 0 Å². The number of aliphatic hydroxyl groups excluding tert-OH is 1. The quantitative estimate of drug-likeness (QED) is 0.423. The number of ether oxygens (including phenoxy) is 2. The highest BCUT2D eigenvalue weighted by molar-refractivity contribution is 5.99. The molecule has 0 heterocycles. The Morgan fingerprint density at radius 3 is 2.00 bits per heavy atom. The molecule has 0 aliphatic carbocycles. The summed E-state index contributed by atoms with van der Waals surface area (Å²) in [6.07, 6.45) is -0.317. The number of aliphatic hydroxyl groups is 1. The van der Waals surface area contributed by atoms with E-state index in [1.165, 1.54) is 7.11 Å². The van der Waals surface area contributed by atoms with E-state index >= 15 is 0 Å². The molecule has 0 radical (unpaired) electrons. The maximum Gasteiger partial charge on any atom is 0.325 e. The standard InChI is InChI=1S/C11H20O5/c1-5-8(12)16-10(14)11(6-2,7-3)9(13)15-4/h8,12H,5-7H2,1-4H3. The van der Waals surface area contributed by atoms with Crippen LogP contribution in [0.5, 0.6) is 0 Å². The van der Waals surface area contributed by atoms with Gasteiger partial charge in [-0.3, -0.25) is 9.59 Å². The monoisotopic (exact) mass is 232 g/mol. The Morgan fingerprint density at radius 1 is 1.19 bits per heavy atom. The number of carbonyl (C=O) groups is 2. The third-order valence-corrected chi connectivity index (χ3v) is 2.77. The number of methoxy groups -OCH3 is 1. The van der Waals surface area contributed by atoms with Crippen molar-refractivity contribution >= 4 is 11.9 Å². The van der Waals surface area contributed by atoms with E-state index in [1.54, 1.807) is 20.8 Å². The molecule has 0 aliphatic rings. The number of esters is 2. The van der Waals surface area contributed by atoms with E-state index in [2.05, 4.69) is 4.74 Å². The van der Waals surface area contributed by atoms with E-state index in [1.807, 2.05) is 0 Å². The number of hydrogen-bond acceptors (Lipinski definition) is 5. The molecule has 0 spiro atoms. The summed E-state index contributed by atoms with van der Waals surface area (Å²) in [4.78, 5) is 23.4. The van der Waals surface area contributed by atoms with Crippen LogP contribution in [-0.2, 0) is 19.1 Å². The molecule has 5 heteroatoms. The Hall–Kier alpha value is -1.10. The molecule has 0 aliphatic heterocycles. The maximum atomic E-state index is 11.8. The zero-order valence-electron chi connectivity index (χ0n) is 10.3. The minimum atomic E-state index is -1.30. The molecule has 0 aromatic rings. The van der Waals surface area contributed by atoms with Crippen molar-refractivity contribution < 1.29 is 24.2 Å². The zero-order chi connectivity index (χ0) is 12.8. The molecule has 0 bridgehead atoms. The van der Waals surface area contributed by atoms with Crippen molar-refractivity contribution in [1.82, 2.24) is 0 Å². The Balaban J connectivity index is 4.90. The van der Waals surface area contributed by atoms with E-state index < -0.39 is 23.6 Å². The van der Waals surface area contributed by atoms with E-state index in [4.69, 9.17) is 4.74 Å². The van der Waals surface area contributed by atoms with E-state index in [-0.39, 0.29) is 19.3 Å². The van der Waals surface area contributed by atoms with Crippen molar-refractivity contribution in [3.8, 4) is 0 Å². The van der Waals surface area contributed by atoms with E-state index in [9.17, 15) is 14.7 Å². The van der Waals surface area contributed by atoms with Crippen LogP contribution in [-0.4, -0.2) is 30.4 Å². The summed E-state index contributed by atoms with van der Waals surface area (Å²) in [6.45, 7) is 5.09. The highest BCUT2D eigenvalue weighted by Gasteiger charge is 2.46. The van der Waals surface area contributed by atoms with Gasteiger partial charge in [-0.1, -0.05) is 20.8 Å². The second kappa shape index (κ2) is 6.48. The van der Waals surface area contributed by atoms with Gasteiger partial charge in [0, 0.05) is 6.42 Å². The SMILES string of the molecule is CCC(O)OC(=O)C(CC)(CC)C(=O)OC. The molecule has 1 atom stereocenters. The van der Waals surface area contributed by atoms with Gasteiger partial charge >= 0.3 is 11.9 Å². The van der Waals surface area contributed by atoms with Gasteiger partial charge < -0.3 is 14.6 Å². The summed E-state index contributed by atoms with van der Waals surface area (Å²) >= 11 is 0. The lowest BCUT2D eigenvalue weighted by Crippen LogP contribution is -2.42. The fraction of sp³-hybridized carbons (Fsp3) is 0.818. The fourth-order valence-corrected chi connectivity index (χ4v) is 1.43. The molecular weight excluding hydrogens is 212 g/mol. The van der Waals surface area contributed by atoms with Gasteiger partial charge in [0.2, 0.25) is 0 Å². The van der Waals surface area contributed by atoms with Crippen molar-refractivity contribution in [2.45, 2.75) is 46.3 Å². The van der Waals surface area contributed by atoms with Crippen LogP contribution in [0.3, 0.4) is 0 Å². The molecule has 1 unspecified atom stereocenters. The van der Waals surface area contributed by atoms with Crippen molar-refractivity contribution in [3.05, 3.63) is 0 Å². The Labute approximate surface area is 95.7 Å². The van der Waals surface area contributed by atoms with Gasteiger partial charge in [-0.05, 0) is 12.8 Å². The zero-order valence-corrected chi connectivity index (χ0v) is 10.3. The molecule has 94 valence electrons. The number of carbonyl (C=O) groups excluding carboxylic acids is 2. The summed E-state index contributed by atoms with van der Waals surface area (Å²) in [5, 5.41) is 9.24. The van der Waals surface area contributed by atoms with Crippen molar-refractivity contribution in [1.29, 1.82) is 0 Å². The average molecular weight is 232 g/mol. The van der Waals surface area contributed by atoms with E-state index in [0.29, 0.717) is 0 Å². The molecule has 0 rings (SSSR count). The lowest BCUT2D eigenvalue weighted by atomic mass is 9.82. The summed E-state index contributed by atoms with van der Waals surface area (Å²) in [7, 11) is 1.23. The first-order valence-corrected chi connectivity index (χ1v) is 5.46. The van der Waals surface area contributed by atoms with Gasteiger partial charge in [0.1, 0.15) is 0 Å². The first-order valence-electron chi connectivity index (χ1n) is 5.46. The van der Waals surface area contributed by atoms with E-state index in [0.717, 1.165) is 0 Å². The second-order valence-corrected chi connectivity index (χ2v) is 3.55. The minimum Gasteiger partial charge on any atom is -0.468 e. The summed E-state index contributed by atoms with van der Waals surface area (Å²) in [6, 6.07) is 0. The minimum absolute atomic E-state index is 0.283. The van der Waals surface area contributed by atoms with Crippen LogP contribution in [0.1, 0.15) is 40.0 Å². The molecule has 0 amide bonds. The molecule has 0 fully saturated rings. The summed E-state index contributed by atoms with van der Waals surface area (Å²) in [5.74, 6) is -1.34. The normalized spacial score (nSPS) is 13.1. The Morgan fingerprint density at radius 2 is 1.69 bits per heavy atom. The predicted molar refractivity (Wildman–Crippen MR) is 57.4 cm³/mol. The summed E-state index contributed by atoms with van der Waals surface area (Å²) < 4.78 is 9.40. The van der Waals surface area contributed by atoms with Gasteiger partial charge in [-0.2, -0.15) is 0 Å². The average Bonchev–Trinajstić information content (AvgIpc) is 2.30. The van der Waals surface area contributed by atoms with Gasteiger partial charge in [-0.15, -0.1) is 0 Å². The van der Waals surface area contributed by atoms with Crippen LogP contribution >= 0.6 is 0 Å². The van der Waals surface area contributed by atoms with Crippen molar-refractivity contribution in [3.63, 3.8) is 0 Å². The number of rotatable bonds is 6. The van der Waals surface area contributed by atoms with Crippen LogP contribution in [0.15, 0.2) is 0 Å². The molecule has 16 heavy (non-hydrogen) atoms. The smallest absolute Gasteiger partial charge is 0.325 e. The predicted octanol–water partition coefficient (Wildman–Crippen LogP) is 1.24. The molecule has 5 nitrogen and oxygen atoms in total. The highest BCUT2D eigenvalue weighted by Crippen LogP contribution is 2.30. The van der Waals surface area contributed by atoms with Crippen LogP contribution in [0.4, 0.5) is 0 Å². The third kappa shape index (κ3) is 2.95. The lowest BCUT2D eigenvalue weighted by Gasteiger charge is -2.27. The number of hydrogen-bond donors (Lipinski definition) is 1. The molecule has 1 N–H and O–H groups in total. The molecular formula is C11H20O5. The van der Waals surface area contributed by atoms with Crippen molar-refractivity contribution in [2.75, 3.05) is 7.11 Å². The maximum absolute atomic E-state index is 11.8. The largest absolute Gasteiger partial charge is 0.468 e. The molecule has 0 aromatic heterocycles. The Kier molecular flexibility index (Phi) is 6.03. The van der Waals surface area contributed by atoms with Crippen LogP contribution < -0.4 is 0 Å². The van der Waals surface area contributed by atoms with Gasteiger partial charge in [0.25, 0.3) is 0 Å². The van der Waals surface area contributed by atoms with Gasteiger partial charge in [0.15, 0.2) is 11.7 Å². The third-order valence-electron chi connectivity index (χ3n) is 2.77. The highest BCUT2D eigenvalue weighted by atomic mass is 16.6. The van der Waals surface area contributed by atoms with Gasteiger partial charge in [0.05, 0.1) is 7.11 Å². The molecule has 0 saturated carbocycles. The van der Waals surface area contributed by atoms with Crippen LogP contribution in [0.2, 0.25) is 0 Å². The topological polar surface area (TPSA) is 72.8 Å². The fourth-order valence-electron chi connectivity index (χ4n) is 1.43. The molecule has 0 saturated heterocycles. The Bertz CT molecular complexity index is 245. The molecule has 0 aromatic carbocycles. The van der Waals surface area contributed by atoms with Crippen LogP contribution in [0, 0.1) is 5.41 Å². The first kappa shape index (κ1) is 14.9.